The molecule has 4 aliphatic carbocycles. The molecule has 4 heteroatoms. The second-order valence-electron chi connectivity index (χ2n) is 10.2. The molecule has 4 bridgehead atoms. The van der Waals surface area contributed by atoms with Gasteiger partial charge in [0, 0.05) is 11.4 Å². The average Bonchev–Trinajstić information content (AvgIpc) is 2.69. The van der Waals surface area contributed by atoms with Crippen LogP contribution in [0.5, 0.6) is 0 Å². The zero-order valence-electron chi connectivity index (χ0n) is 17.6. The van der Waals surface area contributed by atoms with Crippen LogP contribution in [0, 0.1) is 29.0 Å². The lowest BCUT2D eigenvalue weighted by Crippen LogP contribution is -2.47. The summed E-state index contributed by atoms with van der Waals surface area (Å²) in [6.45, 7) is 4.24. The van der Waals surface area contributed by atoms with Gasteiger partial charge in [0.15, 0.2) is 5.82 Å². The van der Waals surface area contributed by atoms with Gasteiger partial charge in [-0.25, -0.2) is 4.39 Å². The zero-order valence-corrected chi connectivity index (χ0v) is 17.6. The molecule has 29 heavy (non-hydrogen) atoms. The number of aromatic nitrogens is 1. The normalized spacial score (nSPS) is 31.3. The Hall–Kier alpha value is -1.68. The number of halogens is 1. The minimum atomic E-state index is -0.273. The standard InChI is InChI=1S/C25H34FN3/c1-17(29-24-21-4-2-3-5-23(21)28-16-22(24)26)6-8-27-9-7-25-13-18-10-19(14-25)12-20(11-18)15-25/h2-5,16-20,27H,6-15H2,1H3,(H,28,29). The minimum absolute atomic E-state index is 0.211. The molecule has 4 fully saturated rings. The fraction of sp³-hybridized carbons (Fsp3) is 0.640. The summed E-state index contributed by atoms with van der Waals surface area (Å²) in [5, 5.41) is 7.92. The van der Waals surface area contributed by atoms with E-state index in [1.54, 1.807) is 0 Å². The molecule has 4 saturated carbocycles. The average molecular weight is 396 g/mol. The van der Waals surface area contributed by atoms with Crippen molar-refractivity contribution in [2.45, 2.75) is 64.3 Å². The van der Waals surface area contributed by atoms with Gasteiger partial charge in [0.2, 0.25) is 0 Å². The molecule has 4 aliphatic rings. The van der Waals surface area contributed by atoms with Gasteiger partial charge in [0.05, 0.1) is 17.4 Å². The molecule has 1 atom stereocenters. The zero-order chi connectivity index (χ0) is 19.8. The van der Waals surface area contributed by atoms with Crippen LogP contribution in [0.3, 0.4) is 0 Å². The first-order chi connectivity index (χ1) is 14.1. The van der Waals surface area contributed by atoms with Gasteiger partial charge in [-0.1, -0.05) is 18.2 Å². The lowest BCUT2D eigenvalue weighted by atomic mass is 9.49. The number of nitrogens with zero attached hydrogens (tertiary/aromatic N) is 1. The van der Waals surface area contributed by atoms with E-state index in [1.165, 1.54) is 51.1 Å². The highest BCUT2D eigenvalue weighted by Gasteiger charge is 2.50. The van der Waals surface area contributed by atoms with Gasteiger partial charge in [-0.05, 0) is 101 Å². The third-order valence-corrected chi connectivity index (χ3v) is 7.87. The molecule has 156 valence electrons. The number of nitrogens with one attached hydrogen (secondary N) is 2. The molecule has 0 aliphatic heterocycles. The molecule has 0 amide bonds. The van der Waals surface area contributed by atoms with Crippen molar-refractivity contribution in [3.8, 4) is 0 Å². The molecule has 2 aromatic rings. The van der Waals surface area contributed by atoms with Crippen molar-refractivity contribution in [2.24, 2.45) is 23.2 Å². The molecular formula is C25H34FN3. The van der Waals surface area contributed by atoms with Gasteiger partial charge in [0.1, 0.15) is 0 Å². The van der Waals surface area contributed by atoms with Crippen LogP contribution in [0.1, 0.15) is 58.3 Å². The Labute approximate surface area is 173 Å². The number of pyridine rings is 1. The predicted molar refractivity (Wildman–Crippen MR) is 117 cm³/mol. The van der Waals surface area contributed by atoms with Gasteiger partial charge in [-0.3, -0.25) is 4.98 Å². The van der Waals surface area contributed by atoms with Gasteiger partial charge in [0.25, 0.3) is 0 Å². The molecule has 6 rings (SSSR count). The number of para-hydroxylation sites is 1. The number of benzene rings is 1. The van der Waals surface area contributed by atoms with E-state index in [0.29, 0.717) is 11.1 Å². The summed E-state index contributed by atoms with van der Waals surface area (Å²) in [6, 6.07) is 7.95. The Morgan fingerprint density at radius 3 is 2.48 bits per heavy atom. The van der Waals surface area contributed by atoms with Crippen molar-refractivity contribution in [3.63, 3.8) is 0 Å². The molecule has 1 unspecified atom stereocenters. The van der Waals surface area contributed by atoms with E-state index in [0.717, 1.165) is 48.2 Å². The van der Waals surface area contributed by atoms with Crippen molar-refractivity contribution >= 4 is 16.6 Å². The summed E-state index contributed by atoms with van der Waals surface area (Å²) in [7, 11) is 0. The third kappa shape index (κ3) is 4.01. The van der Waals surface area contributed by atoms with Crippen molar-refractivity contribution in [2.75, 3.05) is 18.4 Å². The van der Waals surface area contributed by atoms with Gasteiger partial charge in [-0.15, -0.1) is 0 Å². The van der Waals surface area contributed by atoms with E-state index in [4.69, 9.17) is 0 Å². The van der Waals surface area contributed by atoms with Gasteiger partial charge < -0.3 is 10.6 Å². The van der Waals surface area contributed by atoms with Crippen LogP contribution in [0.25, 0.3) is 10.9 Å². The summed E-state index contributed by atoms with van der Waals surface area (Å²) in [5.74, 6) is 2.84. The van der Waals surface area contributed by atoms with Crippen LogP contribution in [-0.4, -0.2) is 24.1 Å². The molecular weight excluding hydrogens is 361 g/mol. The number of fused-ring (bicyclic) bond motifs is 1. The monoisotopic (exact) mass is 395 g/mol. The van der Waals surface area contributed by atoms with Crippen LogP contribution >= 0.6 is 0 Å². The van der Waals surface area contributed by atoms with Crippen LogP contribution in [0.4, 0.5) is 10.1 Å². The van der Waals surface area contributed by atoms with E-state index in [9.17, 15) is 4.39 Å². The van der Waals surface area contributed by atoms with E-state index < -0.39 is 0 Å². The molecule has 0 radical (unpaired) electrons. The highest BCUT2D eigenvalue weighted by atomic mass is 19.1. The SMILES string of the molecule is CC(CCNCCC12CC3CC(CC(C3)C1)C2)Nc1c(F)cnc2ccccc12. The first kappa shape index (κ1) is 19.3. The molecule has 0 saturated heterocycles. The Kier molecular flexibility index (Phi) is 5.23. The summed E-state index contributed by atoms with van der Waals surface area (Å²) < 4.78 is 14.3. The lowest BCUT2D eigenvalue weighted by Gasteiger charge is -2.57. The quantitative estimate of drug-likeness (QED) is 0.558. The molecule has 2 N–H and O–H groups in total. The van der Waals surface area contributed by atoms with Crippen LogP contribution in [0.15, 0.2) is 30.5 Å². The molecule has 0 spiro atoms. The van der Waals surface area contributed by atoms with Gasteiger partial charge >= 0.3 is 0 Å². The van der Waals surface area contributed by atoms with E-state index in [2.05, 4.69) is 22.5 Å². The maximum Gasteiger partial charge on any atom is 0.165 e. The highest BCUT2D eigenvalue weighted by Crippen LogP contribution is 2.61. The fourth-order valence-electron chi connectivity index (χ4n) is 6.98. The summed E-state index contributed by atoms with van der Waals surface area (Å²) >= 11 is 0. The maximum atomic E-state index is 14.3. The Morgan fingerprint density at radius 1 is 1.07 bits per heavy atom. The molecule has 3 nitrogen and oxygen atoms in total. The van der Waals surface area contributed by atoms with Gasteiger partial charge in [-0.2, -0.15) is 0 Å². The summed E-state index contributed by atoms with van der Waals surface area (Å²) in [5.41, 5.74) is 2.07. The Bertz CT molecular complexity index is 829. The van der Waals surface area contributed by atoms with Crippen molar-refractivity contribution < 1.29 is 4.39 Å². The third-order valence-electron chi connectivity index (χ3n) is 7.87. The Morgan fingerprint density at radius 2 is 1.76 bits per heavy atom. The van der Waals surface area contributed by atoms with Crippen molar-refractivity contribution in [1.82, 2.24) is 10.3 Å². The topological polar surface area (TPSA) is 37.0 Å². The van der Waals surface area contributed by atoms with Crippen LogP contribution in [0.2, 0.25) is 0 Å². The number of rotatable bonds is 8. The molecule has 1 aromatic carbocycles. The Balaban J connectivity index is 1.09. The second kappa shape index (κ2) is 7.86. The largest absolute Gasteiger partial charge is 0.380 e. The fourth-order valence-corrected chi connectivity index (χ4v) is 6.98. The van der Waals surface area contributed by atoms with E-state index in [-0.39, 0.29) is 11.9 Å². The first-order valence-corrected chi connectivity index (χ1v) is 11.6. The van der Waals surface area contributed by atoms with E-state index >= 15 is 0 Å². The summed E-state index contributed by atoms with van der Waals surface area (Å²) in [4.78, 5) is 4.19. The molecule has 1 heterocycles. The number of anilines is 1. The van der Waals surface area contributed by atoms with Crippen LogP contribution in [-0.2, 0) is 0 Å². The van der Waals surface area contributed by atoms with E-state index in [1.807, 2.05) is 24.3 Å². The maximum absolute atomic E-state index is 14.3. The van der Waals surface area contributed by atoms with Crippen molar-refractivity contribution in [1.29, 1.82) is 0 Å². The lowest BCUT2D eigenvalue weighted by molar-refractivity contribution is -0.0567. The smallest absolute Gasteiger partial charge is 0.165 e. The predicted octanol–water partition coefficient (Wildman–Crippen LogP) is 5.76. The number of hydrogen-bond acceptors (Lipinski definition) is 3. The highest BCUT2D eigenvalue weighted by molar-refractivity contribution is 5.91. The van der Waals surface area contributed by atoms with Crippen molar-refractivity contribution in [3.05, 3.63) is 36.3 Å². The first-order valence-electron chi connectivity index (χ1n) is 11.6. The number of hydrogen-bond donors (Lipinski definition) is 2. The minimum Gasteiger partial charge on any atom is -0.380 e. The summed E-state index contributed by atoms with van der Waals surface area (Å²) in [6.07, 6.45) is 12.7. The van der Waals surface area contributed by atoms with Crippen LogP contribution < -0.4 is 10.6 Å². The second-order valence-corrected chi connectivity index (χ2v) is 10.2. The molecule has 1 aromatic heterocycles.